The van der Waals surface area contributed by atoms with E-state index in [9.17, 15) is 41.4 Å². The zero-order valence-corrected chi connectivity index (χ0v) is 20.7. The van der Waals surface area contributed by atoms with Gasteiger partial charge in [-0.05, 0) is 24.6 Å². The molecule has 0 radical (unpaired) electrons. The number of phenolic OH excluding ortho intramolecular Hbond substituents is 2. The van der Waals surface area contributed by atoms with E-state index in [-0.39, 0.29) is 28.6 Å². The van der Waals surface area contributed by atoms with Gasteiger partial charge in [-0.2, -0.15) is 21.6 Å². The Kier molecular flexibility index (Phi) is 6.66. The summed E-state index contributed by atoms with van der Waals surface area (Å²) in [7, 11) is -5.92. The van der Waals surface area contributed by atoms with Crippen molar-refractivity contribution in [2.24, 2.45) is 0 Å². The summed E-state index contributed by atoms with van der Waals surface area (Å²) in [6.45, 7) is 7.44. The summed E-state index contributed by atoms with van der Waals surface area (Å²) in [5.74, 6) is -5.46. The van der Waals surface area contributed by atoms with Crippen molar-refractivity contribution in [3.8, 4) is 28.7 Å². The zero-order chi connectivity index (χ0) is 28.1. The van der Waals surface area contributed by atoms with E-state index in [1.54, 1.807) is 13.8 Å². The molecule has 0 amide bonds. The maximum atomic E-state index is 12.4. The summed E-state index contributed by atoms with van der Waals surface area (Å²) >= 11 is 0. The lowest BCUT2D eigenvalue weighted by Crippen LogP contribution is -2.39. The van der Waals surface area contributed by atoms with Crippen molar-refractivity contribution in [2.45, 2.75) is 51.7 Å². The molecule has 0 bridgehead atoms. The van der Waals surface area contributed by atoms with Crippen molar-refractivity contribution in [1.82, 2.24) is 0 Å². The predicted molar refractivity (Wildman–Crippen MR) is 117 cm³/mol. The summed E-state index contributed by atoms with van der Waals surface area (Å²) < 4.78 is 83.9. The van der Waals surface area contributed by atoms with Crippen LogP contribution in [-0.4, -0.2) is 47.7 Å². The molecule has 2 N–H and O–H groups in total. The van der Waals surface area contributed by atoms with E-state index >= 15 is 0 Å². The fourth-order valence-corrected chi connectivity index (χ4v) is 3.69. The Balaban J connectivity index is 0.000000220. The van der Waals surface area contributed by atoms with Crippen LogP contribution in [0.15, 0.2) is 24.3 Å². The van der Waals surface area contributed by atoms with Crippen LogP contribution in [0.5, 0.6) is 28.7 Å². The fourth-order valence-electron chi connectivity index (χ4n) is 3.23. The number of aryl methyl sites for hydroxylation is 1. The number of rotatable bonds is 2. The Hall–Kier alpha value is -3.88. The monoisotopic (exact) mass is 550 g/mol. The second-order valence-electron chi connectivity index (χ2n) is 8.74. The SMILES string of the molecule is CC1(C)OC(=O)c2c(O)cc(O)cc2O1.Cc1cc2c(c(OS(=O)(=O)C(F)(F)F)c1)C(=O)OC(C)(C)O2. The van der Waals surface area contributed by atoms with Crippen molar-refractivity contribution in [3.63, 3.8) is 0 Å². The normalized spacial score (nSPS) is 17.4. The van der Waals surface area contributed by atoms with Gasteiger partial charge in [-0.1, -0.05) is 0 Å². The number of hydrogen-bond acceptors (Lipinski definition) is 11. The minimum atomic E-state index is -5.92. The molecule has 2 aliphatic rings. The van der Waals surface area contributed by atoms with Crippen LogP contribution in [0, 0.1) is 6.92 Å². The fraction of sp³-hybridized carbons (Fsp3) is 0.364. The van der Waals surface area contributed by atoms with Crippen molar-refractivity contribution >= 4 is 22.1 Å². The van der Waals surface area contributed by atoms with Crippen LogP contribution in [0.2, 0.25) is 0 Å². The van der Waals surface area contributed by atoms with Crippen LogP contribution >= 0.6 is 0 Å². The highest BCUT2D eigenvalue weighted by atomic mass is 32.2. The van der Waals surface area contributed by atoms with Crippen molar-refractivity contribution in [1.29, 1.82) is 0 Å². The number of aromatic hydroxyl groups is 2. The van der Waals surface area contributed by atoms with E-state index in [2.05, 4.69) is 4.18 Å². The average Bonchev–Trinajstić information content (AvgIpc) is 2.63. The maximum Gasteiger partial charge on any atom is 0.534 e. The number of hydrogen-bond donors (Lipinski definition) is 2. The predicted octanol–water partition coefficient (Wildman–Crippen LogP) is 3.89. The van der Waals surface area contributed by atoms with Gasteiger partial charge in [0, 0.05) is 39.8 Å². The highest BCUT2D eigenvalue weighted by Gasteiger charge is 2.49. The Morgan fingerprint density at radius 1 is 0.811 bits per heavy atom. The molecule has 0 atom stereocenters. The second-order valence-corrected chi connectivity index (χ2v) is 10.3. The summed E-state index contributed by atoms with van der Waals surface area (Å²) in [4.78, 5) is 23.4. The van der Waals surface area contributed by atoms with Gasteiger partial charge in [0.05, 0.1) is 0 Å². The molecule has 0 spiro atoms. The van der Waals surface area contributed by atoms with Gasteiger partial charge in [0.15, 0.2) is 5.75 Å². The van der Waals surface area contributed by atoms with Gasteiger partial charge in [-0.25, -0.2) is 9.59 Å². The van der Waals surface area contributed by atoms with E-state index < -0.39 is 50.5 Å². The number of carbonyl (C=O) groups is 2. The molecule has 0 saturated heterocycles. The lowest BCUT2D eigenvalue weighted by molar-refractivity contribution is -0.128. The number of cyclic esters (lactones) is 2. The molecule has 202 valence electrons. The Morgan fingerprint density at radius 2 is 1.30 bits per heavy atom. The number of ether oxygens (including phenoxy) is 4. The number of carbonyl (C=O) groups excluding carboxylic acids is 2. The van der Waals surface area contributed by atoms with Gasteiger partial charge in [0.25, 0.3) is 0 Å². The van der Waals surface area contributed by atoms with Crippen LogP contribution in [0.1, 0.15) is 54.0 Å². The zero-order valence-electron chi connectivity index (χ0n) is 19.9. The summed E-state index contributed by atoms with van der Waals surface area (Å²) in [5.41, 5.74) is -5.86. The minimum Gasteiger partial charge on any atom is -0.508 e. The average molecular weight is 550 g/mol. The summed E-state index contributed by atoms with van der Waals surface area (Å²) in [6, 6.07) is 4.66. The molecule has 37 heavy (non-hydrogen) atoms. The van der Waals surface area contributed by atoms with Gasteiger partial charge in [-0.3, -0.25) is 0 Å². The van der Waals surface area contributed by atoms with E-state index in [0.29, 0.717) is 5.56 Å². The van der Waals surface area contributed by atoms with Crippen molar-refractivity contribution in [3.05, 3.63) is 41.0 Å². The van der Waals surface area contributed by atoms with Crippen LogP contribution in [0.25, 0.3) is 0 Å². The summed E-state index contributed by atoms with van der Waals surface area (Å²) in [5, 5.41) is 18.7. The maximum absolute atomic E-state index is 12.4. The molecule has 2 aromatic rings. The van der Waals surface area contributed by atoms with Crippen molar-refractivity contribution < 1.29 is 64.5 Å². The third-order valence-corrected chi connectivity index (χ3v) is 5.52. The minimum absolute atomic E-state index is 0.0628. The number of esters is 2. The lowest BCUT2D eigenvalue weighted by Gasteiger charge is -2.32. The van der Waals surface area contributed by atoms with Gasteiger partial charge in [0.2, 0.25) is 11.6 Å². The lowest BCUT2D eigenvalue weighted by atomic mass is 10.1. The van der Waals surface area contributed by atoms with Crippen LogP contribution < -0.4 is 13.7 Å². The van der Waals surface area contributed by atoms with Crippen molar-refractivity contribution in [2.75, 3.05) is 0 Å². The number of alkyl halides is 3. The number of benzene rings is 2. The van der Waals surface area contributed by atoms with Gasteiger partial charge in [-0.15, -0.1) is 0 Å². The Labute approximate surface area is 208 Å². The molecule has 4 rings (SSSR count). The first kappa shape index (κ1) is 27.7. The third-order valence-electron chi connectivity index (χ3n) is 4.56. The van der Waals surface area contributed by atoms with Gasteiger partial charge < -0.3 is 33.3 Å². The largest absolute Gasteiger partial charge is 0.534 e. The highest BCUT2D eigenvalue weighted by Crippen LogP contribution is 2.41. The Bertz CT molecular complexity index is 1380. The topological polar surface area (TPSA) is 155 Å². The molecule has 2 heterocycles. The molecule has 0 unspecified atom stereocenters. The quantitative estimate of drug-likeness (QED) is 0.318. The molecular weight excluding hydrogens is 529 g/mol. The third kappa shape index (κ3) is 5.93. The molecule has 0 aliphatic carbocycles. The smallest absolute Gasteiger partial charge is 0.508 e. The first-order valence-electron chi connectivity index (χ1n) is 10.3. The molecule has 15 heteroatoms. The van der Waals surface area contributed by atoms with E-state index in [0.717, 1.165) is 12.1 Å². The van der Waals surface area contributed by atoms with Crippen LogP contribution in [0.4, 0.5) is 13.2 Å². The van der Waals surface area contributed by atoms with E-state index in [1.807, 2.05) is 0 Å². The van der Waals surface area contributed by atoms with Crippen LogP contribution in [0.3, 0.4) is 0 Å². The van der Waals surface area contributed by atoms with Crippen LogP contribution in [-0.2, 0) is 19.6 Å². The van der Waals surface area contributed by atoms with E-state index in [4.69, 9.17) is 18.9 Å². The molecular formula is C22H21F3O11S. The van der Waals surface area contributed by atoms with E-state index in [1.165, 1.54) is 32.9 Å². The molecule has 2 aliphatic heterocycles. The molecule has 0 aromatic heterocycles. The molecule has 11 nitrogen and oxygen atoms in total. The molecule has 2 aromatic carbocycles. The van der Waals surface area contributed by atoms with Gasteiger partial charge >= 0.3 is 27.6 Å². The standard InChI is InChI=1S/C12H11F3O6S.C10H10O5/c1-6-4-7-9(10(16)20-11(2,3)19-7)8(5-6)21-22(17,18)12(13,14)15;1-10(2)14-7-4-5(11)3-6(12)8(7)9(13)15-10/h4-5H,1-3H3;3-4,11-12H,1-2H3. The molecule has 0 fully saturated rings. The highest BCUT2D eigenvalue weighted by molar-refractivity contribution is 7.88. The Morgan fingerprint density at radius 3 is 1.81 bits per heavy atom. The first-order chi connectivity index (χ1) is 16.7. The number of phenols is 2. The molecule has 0 saturated carbocycles. The summed E-state index contributed by atoms with van der Waals surface area (Å²) in [6.07, 6.45) is 0. The number of fused-ring (bicyclic) bond motifs is 2. The van der Waals surface area contributed by atoms with Gasteiger partial charge in [0.1, 0.15) is 34.1 Å². The second kappa shape index (κ2) is 8.90. The number of halogens is 3. The first-order valence-corrected chi connectivity index (χ1v) is 11.7.